The first-order valence-electron chi connectivity index (χ1n) is 7.90. The third-order valence-corrected chi connectivity index (χ3v) is 3.83. The van der Waals surface area contributed by atoms with E-state index in [9.17, 15) is 4.79 Å². The molecule has 2 heterocycles. The van der Waals surface area contributed by atoms with E-state index in [2.05, 4.69) is 15.4 Å². The van der Waals surface area contributed by atoms with Gasteiger partial charge in [-0.15, -0.1) is 0 Å². The minimum atomic E-state index is -0.298. The number of carbonyl (C=O) groups excluding carboxylic acids is 1. The van der Waals surface area contributed by atoms with Gasteiger partial charge in [-0.3, -0.25) is 4.79 Å². The van der Waals surface area contributed by atoms with Crippen molar-refractivity contribution in [3.05, 3.63) is 42.2 Å². The van der Waals surface area contributed by atoms with Gasteiger partial charge in [0.1, 0.15) is 0 Å². The van der Waals surface area contributed by atoms with Crippen molar-refractivity contribution >= 4 is 22.6 Å². The molecule has 0 aliphatic rings. The number of para-hydroxylation sites is 1. The van der Waals surface area contributed by atoms with Gasteiger partial charge in [0.15, 0.2) is 17.1 Å². The molecule has 1 aromatic carbocycles. The summed E-state index contributed by atoms with van der Waals surface area (Å²) in [5, 5.41) is 8.03. The summed E-state index contributed by atoms with van der Waals surface area (Å²) < 4.78 is 12.4. The Kier molecular flexibility index (Phi) is 4.56. The van der Waals surface area contributed by atoms with E-state index in [1.165, 1.54) is 14.2 Å². The molecule has 0 atom stereocenters. The van der Waals surface area contributed by atoms with Crippen LogP contribution < -0.4 is 14.8 Å². The number of rotatable bonds is 5. The molecule has 0 saturated carbocycles. The molecule has 0 aliphatic carbocycles. The Morgan fingerprint density at radius 1 is 1.20 bits per heavy atom. The van der Waals surface area contributed by atoms with E-state index in [-0.39, 0.29) is 11.9 Å². The summed E-state index contributed by atoms with van der Waals surface area (Å²) in [6, 6.07) is 7.22. The highest BCUT2D eigenvalue weighted by Gasteiger charge is 2.17. The molecule has 0 bridgehead atoms. The fraction of sp³-hybridized carbons (Fsp3) is 0.278. The van der Waals surface area contributed by atoms with Gasteiger partial charge in [0, 0.05) is 11.4 Å². The second-order valence-corrected chi connectivity index (χ2v) is 5.81. The number of carbonyl (C=O) groups is 1. The van der Waals surface area contributed by atoms with Crippen molar-refractivity contribution in [2.24, 2.45) is 0 Å². The lowest BCUT2D eigenvalue weighted by molar-refractivity contribution is 0.102. The first-order valence-corrected chi connectivity index (χ1v) is 7.90. The quantitative estimate of drug-likeness (QED) is 0.771. The number of nitrogens with zero attached hydrogens (tertiary/aromatic N) is 3. The van der Waals surface area contributed by atoms with Gasteiger partial charge in [0.25, 0.3) is 5.91 Å². The Bertz CT molecular complexity index is 918. The van der Waals surface area contributed by atoms with E-state index in [4.69, 9.17) is 9.47 Å². The predicted molar refractivity (Wildman–Crippen MR) is 95.4 cm³/mol. The van der Waals surface area contributed by atoms with E-state index < -0.39 is 0 Å². The number of hydrogen-bond acceptors (Lipinski definition) is 5. The van der Waals surface area contributed by atoms with E-state index in [1.54, 1.807) is 30.6 Å². The summed E-state index contributed by atoms with van der Waals surface area (Å²) in [4.78, 5) is 17.0. The number of hydrogen-bond donors (Lipinski definition) is 1. The van der Waals surface area contributed by atoms with Gasteiger partial charge < -0.3 is 14.8 Å². The Balaban J connectivity index is 1.90. The summed E-state index contributed by atoms with van der Waals surface area (Å²) in [5.41, 5.74) is 1.76. The number of fused-ring (bicyclic) bond motifs is 1. The van der Waals surface area contributed by atoms with E-state index in [0.29, 0.717) is 22.7 Å². The SMILES string of the molecule is COc1cccc(C(=O)Nc2cnc3c(cnn3C(C)C)c2)c1OC. The van der Waals surface area contributed by atoms with Crippen LogP contribution in [0.15, 0.2) is 36.7 Å². The van der Waals surface area contributed by atoms with Crippen LogP contribution in [0.25, 0.3) is 11.0 Å². The van der Waals surface area contributed by atoms with Crippen molar-refractivity contribution in [2.75, 3.05) is 19.5 Å². The summed E-state index contributed by atoms with van der Waals surface area (Å²) in [6.07, 6.45) is 3.36. The summed E-state index contributed by atoms with van der Waals surface area (Å²) in [7, 11) is 3.03. The maximum absolute atomic E-state index is 12.6. The van der Waals surface area contributed by atoms with Crippen LogP contribution in [0.1, 0.15) is 30.2 Å². The molecular weight excluding hydrogens is 320 g/mol. The highest BCUT2D eigenvalue weighted by molar-refractivity contribution is 6.07. The van der Waals surface area contributed by atoms with Crippen molar-refractivity contribution in [3.8, 4) is 11.5 Å². The molecule has 7 heteroatoms. The number of pyridine rings is 1. The molecule has 25 heavy (non-hydrogen) atoms. The van der Waals surface area contributed by atoms with Gasteiger partial charge in [-0.05, 0) is 32.0 Å². The number of aromatic nitrogens is 3. The van der Waals surface area contributed by atoms with Gasteiger partial charge in [0.05, 0.1) is 37.9 Å². The van der Waals surface area contributed by atoms with Crippen LogP contribution >= 0.6 is 0 Å². The van der Waals surface area contributed by atoms with E-state index in [1.807, 2.05) is 24.6 Å². The van der Waals surface area contributed by atoms with Gasteiger partial charge in [-0.1, -0.05) is 6.07 Å². The smallest absolute Gasteiger partial charge is 0.259 e. The zero-order valence-electron chi connectivity index (χ0n) is 14.6. The lowest BCUT2D eigenvalue weighted by Crippen LogP contribution is -2.14. The van der Waals surface area contributed by atoms with Gasteiger partial charge in [-0.2, -0.15) is 5.10 Å². The standard InChI is InChI=1S/C18H20N4O3/c1-11(2)22-17-12(9-20-22)8-13(10-19-17)21-18(23)14-6-5-7-15(24-3)16(14)25-4/h5-11H,1-4H3,(H,21,23). The Hall–Kier alpha value is -3.09. The van der Waals surface area contributed by atoms with Gasteiger partial charge >= 0.3 is 0 Å². The van der Waals surface area contributed by atoms with Gasteiger partial charge in [0.2, 0.25) is 0 Å². The first kappa shape index (κ1) is 16.8. The molecule has 0 spiro atoms. The van der Waals surface area contributed by atoms with Crippen molar-refractivity contribution in [1.82, 2.24) is 14.8 Å². The highest BCUT2D eigenvalue weighted by Crippen LogP contribution is 2.31. The second kappa shape index (κ2) is 6.80. The molecule has 0 fully saturated rings. The number of nitrogens with one attached hydrogen (secondary N) is 1. The molecule has 7 nitrogen and oxygen atoms in total. The molecule has 3 aromatic rings. The highest BCUT2D eigenvalue weighted by atomic mass is 16.5. The molecule has 0 aliphatic heterocycles. The van der Waals surface area contributed by atoms with Crippen molar-refractivity contribution in [1.29, 1.82) is 0 Å². The van der Waals surface area contributed by atoms with Crippen molar-refractivity contribution in [3.63, 3.8) is 0 Å². The van der Waals surface area contributed by atoms with Crippen LogP contribution in [0.4, 0.5) is 5.69 Å². The monoisotopic (exact) mass is 340 g/mol. The Morgan fingerprint density at radius 3 is 2.68 bits per heavy atom. The second-order valence-electron chi connectivity index (χ2n) is 5.81. The Morgan fingerprint density at radius 2 is 2.00 bits per heavy atom. The molecule has 0 unspecified atom stereocenters. The molecule has 130 valence electrons. The van der Waals surface area contributed by atoms with E-state index >= 15 is 0 Å². The Labute approximate surface area is 145 Å². The molecule has 1 N–H and O–H groups in total. The molecule has 0 saturated heterocycles. The minimum absolute atomic E-state index is 0.214. The molecular formula is C18H20N4O3. The predicted octanol–water partition coefficient (Wildman–Crippen LogP) is 3.28. The van der Waals surface area contributed by atoms with Crippen LogP contribution in [0.3, 0.4) is 0 Å². The van der Waals surface area contributed by atoms with Gasteiger partial charge in [-0.25, -0.2) is 9.67 Å². The number of ether oxygens (including phenoxy) is 2. The average Bonchev–Trinajstić information content (AvgIpc) is 3.04. The van der Waals surface area contributed by atoms with Crippen LogP contribution in [0.2, 0.25) is 0 Å². The fourth-order valence-electron chi connectivity index (χ4n) is 2.65. The lowest BCUT2D eigenvalue weighted by atomic mass is 10.1. The van der Waals surface area contributed by atoms with Crippen LogP contribution in [0.5, 0.6) is 11.5 Å². The molecule has 3 rings (SSSR count). The maximum Gasteiger partial charge on any atom is 0.259 e. The average molecular weight is 340 g/mol. The molecule has 2 aromatic heterocycles. The third kappa shape index (κ3) is 3.13. The van der Waals surface area contributed by atoms with E-state index in [0.717, 1.165) is 11.0 Å². The number of methoxy groups -OCH3 is 2. The number of anilines is 1. The fourth-order valence-corrected chi connectivity index (χ4v) is 2.65. The van der Waals surface area contributed by atoms with Crippen molar-refractivity contribution in [2.45, 2.75) is 19.9 Å². The number of benzene rings is 1. The third-order valence-electron chi connectivity index (χ3n) is 3.83. The molecule has 0 radical (unpaired) electrons. The summed E-state index contributed by atoms with van der Waals surface area (Å²) in [6.45, 7) is 4.08. The summed E-state index contributed by atoms with van der Waals surface area (Å²) >= 11 is 0. The largest absolute Gasteiger partial charge is 0.493 e. The zero-order chi connectivity index (χ0) is 18.0. The minimum Gasteiger partial charge on any atom is -0.493 e. The maximum atomic E-state index is 12.6. The molecule has 1 amide bonds. The van der Waals surface area contributed by atoms with Crippen LogP contribution in [-0.2, 0) is 0 Å². The van der Waals surface area contributed by atoms with Crippen LogP contribution in [0, 0.1) is 0 Å². The van der Waals surface area contributed by atoms with Crippen molar-refractivity contribution < 1.29 is 14.3 Å². The number of amides is 1. The topological polar surface area (TPSA) is 78.3 Å². The lowest BCUT2D eigenvalue weighted by Gasteiger charge is -2.12. The zero-order valence-corrected chi connectivity index (χ0v) is 14.6. The van der Waals surface area contributed by atoms with Crippen LogP contribution in [-0.4, -0.2) is 34.9 Å². The first-order chi connectivity index (χ1) is 12.0. The normalized spacial score (nSPS) is 10.9. The summed E-state index contributed by atoms with van der Waals surface area (Å²) in [5.74, 6) is 0.597.